The number of likely N-dealkylation sites (tertiary alicyclic amines) is 2. The average Bonchev–Trinajstić information content (AvgIpc) is 3.16. The van der Waals surface area contributed by atoms with Crippen LogP contribution in [0.4, 0.5) is 0 Å². The quantitative estimate of drug-likeness (QED) is 0.596. The predicted molar refractivity (Wildman–Crippen MR) is 103 cm³/mol. The van der Waals surface area contributed by atoms with Gasteiger partial charge in [-0.3, -0.25) is 14.8 Å². The van der Waals surface area contributed by atoms with Gasteiger partial charge in [0.15, 0.2) is 5.96 Å². The van der Waals surface area contributed by atoms with E-state index in [1.165, 1.54) is 32.2 Å². The standard InChI is InChI=1S/C19H37N5O/c1-3-20-19(21-15-17-7-5-6-9-22(17)4-2)24-10-8-18(16-24)23-11-13-25-14-12-23/h17-18H,3-16H2,1-2H3,(H,20,21). The Morgan fingerprint density at radius 2 is 1.92 bits per heavy atom. The summed E-state index contributed by atoms with van der Waals surface area (Å²) in [5.74, 6) is 1.12. The minimum absolute atomic E-state index is 0.630. The van der Waals surface area contributed by atoms with Crippen LogP contribution < -0.4 is 5.32 Å². The number of nitrogens with one attached hydrogen (secondary N) is 1. The highest BCUT2D eigenvalue weighted by molar-refractivity contribution is 5.80. The fourth-order valence-electron chi connectivity index (χ4n) is 4.48. The van der Waals surface area contributed by atoms with Gasteiger partial charge in [-0.25, -0.2) is 0 Å². The molecule has 2 unspecified atom stereocenters. The van der Waals surface area contributed by atoms with Crippen molar-refractivity contribution in [1.29, 1.82) is 0 Å². The van der Waals surface area contributed by atoms with Gasteiger partial charge >= 0.3 is 0 Å². The van der Waals surface area contributed by atoms with Crippen molar-refractivity contribution in [1.82, 2.24) is 20.0 Å². The Kier molecular flexibility index (Phi) is 7.37. The van der Waals surface area contributed by atoms with E-state index in [1.807, 2.05) is 0 Å². The van der Waals surface area contributed by atoms with Gasteiger partial charge in [0.25, 0.3) is 0 Å². The van der Waals surface area contributed by atoms with Crippen molar-refractivity contribution in [3.05, 3.63) is 0 Å². The molecule has 3 heterocycles. The second-order valence-electron chi connectivity index (χ2n) is 7.51. The summed E-state index contributed by atoms with van der Waals surface area (Å²) >= 11 is 0. The van der Waals surface area contributed by atoms with Crippen LogP contribution in [0.1, 0.15) is 39.5 Å². The highest BCUT2D eigenvalue weighted by Crippen LogP contribution is 2.19. The smallest absolute Gasteiger partial charge is 0.194 e. The second kappa shape index (κ2) is 9.74. The third-order valence-corrected chi connectivity index (χ3v) is 5.97. The Bertz CT molecular complexity index is 424. The van der Waals surface area contributed by atoms with Crippen LogP contribution >= 0.6 is 0 Å². The van der Waals surface area contributed by atoms with Crippen LogP contribution in [0.5, 0.6) is 0 Å². The van der Waals surface area contributed by atoms with Crippen molar-refractivity contribution in [3.8, 4) is 0 Å². The van der Waals surface area contributed by atoms with Crippen molar-refractivity contribution in [2.24, 2.45) is 4.99 Å². The number of piperidine rings is 1. The van der Waals surface area contributed by atoms with Gasteiger partial charge < -0.3 is 15.0 Å². The zero-order valence-corrected chi connectivity index (χ0v) is 16.3. The minimum Gasteiger partial charge on any atom is -0.379 e. The van der Waals surface area contributed by atoms with Gasteiger partial charge in [-0.05, 0) is 39.3 Å². The maximum absolute atomic E-state index is 5.50. The number of aliphatic imine (C=N–C) groups is 1. The number of likely N-dealkylation sites (N-methyl/N-ethyl adjacent to an activating group) is 1. The zero-order valence-electron chi connectivity index (χ0n) is 16.3. The summed E-state index contributed by atoms with van der Waals surface area (Å²) in [4.78, 5) is 12.7. The summed E-state index contributed by atoms with van der Waals surface area (Å²) < 4.78 is 5.50. The molecule has 3 aliphatic rings. The average molecular weight is 352 g/mol. The largest absolute Gasteiger partial charge is 0.379 e. The molecule has 25 heavy (non-hydrogen) atoms. The Hall–Kier alpha value is -0.850. The summed E-state index contributed by atoms with van der Waals surface area (Å²) in [6, 6.07) is 1.29. The molecule has 6 nitrogen and oxygen atoms in total. The number of rotatable bonds is 5. The van der Waals surface area contributed by atoms with Gasteiger partial charge in [-0.2, -0.15) is 0 Å². The van der Waals surface area contributed by atoms with Crippen LogP contribution in [-0.4, -0.2) is 98.3 Å². The SMILES string of the molecule is CCNC(=NCC1CCCCN1CC)N1CCC(N2CCOCC2)C1. The Morgan fingerprint density at radius 1 is 1.08 bits per heavy atom. The third-order valence-electron chi connectivity index (χ3n) is 5.97. The molecular formula is C19H37N5O. The molecule has 0 aromatic carbocycles. The normalized spacial score (nSPS) is 30.0. The van der Waals surface area contributed by atoms with Crippen molar-refractivity contribution in [3.63, 3.8) is 0 Å². The van der Waals surface area contributed by atoms with Gasteiger partial charge in [-0.15, -0.1) is 0 Å². The van der Waals surface area contributed by atoms with Crippen LogP contribution in [0.15, 0.2) is 4.99 Å². The maximum atomic E-state index is 5.50. The first-order chi connectivity index (χ1) is 12.3. The molecule has 0 amide bonds. The first-order valence-electron chi connectivity index (χ1n) is 10.4. The lowest BCUT2D eigenvalue weighted by Gasteiger charge is -2.34. The highest BCUT2D eigenvalue weighted by Gasteiger charge is 2.30. The molecule has 0 aliphatic carbocycles. The molecule has 0 spiro atoms. The minimum atomic E-state index is 0.630. The number of guanidine groups is 1. The van der Waals surface area contributed by atoms with Crippen LogP contribution in [0.3, 0.4) is 0 Å². The fourth-order valence-corrected chi connectivity index (χ4v) is 4.48. The topological polar surface area (TPSA) is 43.3 Å². The van der Waals surface area contributed by atoms with Crippen molar-refractivity contribution >= 4 is 5.96 Å². The van der Waals surface area contributed by atoms with E-state index in [9.17, 15) is 0 Å². The summed E-state index contributed by atoms with van der Waals surface area (Å²) in [5, 5.41) is 3.53. The van der Waals surface area contributed by atoms with Gasteiger partial charge in [-0.1, -0.05) is 13.3 Å². The lowest BCUT2D eigenvalue weighted by molar-refractivity contribution is 0.0195. The van der Waals surface area contributed by atoms with E-state index < -0.39 is 0 Å². The molecule has 0 bridgehead atoms. The van der Waals surface area contributed by atoms with Crippen LogP contribution in [0, 0.1) is 0 Å². The Morgan fingerprint density at radius 3 is 2.68 bits per heavy atom. The van der Waals surface area contributed by atoms with Gasteiger partial charge in [0.2, 0.25) is 0 Å². The molecule has 3 rings (SSSR count). The lowest BCUT2D eigenvalue weighted by atomic mass is 10.0. The van der Waals surface area contributed by atoms with E-state index in [2.05, 4.69) is 33.9 Å². The molecule has 6 heteroatoms. The third kappa shape index (κ3) is 5.08. The van der Waals surface area contributed by atoms with Gasteiger partial charge in [0.1, 0.15) is 0 Å². The predicted octanol–water partition coefficient (Wildman–Crippen LogP) is 1.23. The van der Waals surface area contributed by atoms with Crippen LogP contribution in [-0.2, 0) is 4.74 Å². The van der Waals surface area contributed by atoms with Gasteiger partial charge in [0.05, 0.1) is 19.8 Å². The van der Waals surface area contributed by atoms with E-state index in [1.54, 1.807) is 0 Å². The van der Waals surface area contributed by atoms with Crippen LogP contribution in [0.25, 0.3) is 0 Å². The molecule has 0 aromatic heterocycles. The van der Waals surface area contributed by atoms with E-state index >= 15 is 0 Å². The molecule has 0 saturated carbocycles. The first-order valence-corrected chi connectivity index (χ1v) is 10.4. The Balaban J connectivity index is 1.56. The van der Waals surface area contributed by atoms with Crippen molar-refractivity contribution in [2.45, 2.75) is 51.6 Å². The van der Waals surface area contributed by atoms with E-state index in [0.29, 0.717) is 12.1 Å². The number of morpholine rings is 1. The lowest BCUT2D eigenvalue weighted by Crippen LogP contribution is -2.47. The van der Waals surface area contributed by atoms with Crippen LogP contribution in [0.2, 0.25) is 0 Å². The molecule has 3 fully saturated rings. The molecule has 3 aliphatic heterocycles. The van der Waals surface area contributed by atoms with Crippen molar-refractivity contribution < 1.29 is 4.74 Å². The zero-order chi connectivity index (χ0) is 17.5. The molecule has 0 radical (unpaired) electrons. The first kappa shape index (κ1) is 18.9. The monoisotopic (exact) mass is 351 g/mol. The Labute approximate surface area is 153 Å². The number of ether oxygens (including phenoxy) is 1. The summed E-state index contributed by atoms with van der Waals surface area (Å²) in [6.07, 6.45) is 5.25. The second-order valence-corrected chi connectivity index (χ2v) is 7.51. The summed E-state index contributed by atoms with van der Waals surface area (Å²) in [6.45, 7) is 14.9. The molecule has 3 saturated heterocycles. The van der Waals surface area contributed by atoms with Crippen molar-refractivity contribution in [2.75, 3.05) is 65.6 Å². The number of hydrogen-bond donors (Lipinski definition) is 1. The maximum Gasteiger partial charge on any atom is 0.194 e. The van der Waals surface area contributed by atoms with E-state index in [4.69, 9.17) is 9.73 Å². The summed E-state index contributed by atoms with van der Waals surface area (Å²) in [5.41, 5.74) is 0. The summed E-state index contributed by atoms with van der Waals surface area (Å²) in [7, 11) is 0. The fraction of sp³-hybridized carbons (Fsp3) is 0.947. The molecule has 1 N–H and O–H groups in total. The molecular weight excluding hydrogens is 314 g/mol. The highest BCUT2D eigenvalue weighted by atomic mass is 16.5. The number of nitrogens with zero attached hydrogens (tertiary/aromatic N) is 4. The molecule has 2 atom stereocenters. The molecule has 144 valence electrons. The van der Waals surface area contributed by atoms with E-state index in [-0.39, 0.29) is 0 Å². The van der Waals surface area contributed by atoms with E-state index in [0.717, 1.165) is 65.0 Å². The number of hydrogen-bond acceptors (Lipinski definition) is 4. The molecule has 0 aromatic rings. The van der Waals surface area contributed by atoms with Gasteiger partial charge in [0, 0.05) is 44.8 Å².